The normalized spacial score (nSPS) is 17.5. The lowest BCUT2D eigenvalue weighted by Gasteiger charge is -2.29. The van der Waals surface area contributed by atoms with Crippen molar-refractivity contribution in [2.24, 2.45) is 0 Å². The molecule has 10 nitrogen and oxygen atoms in total. The van der Waals surface area contributed by atoms with Gasteiger partial charge in [-0.1, -0.05) is 6.07 Å². The van der Waals surface area contributed by atoms with Gasteiger partial charge in [-0.2, -0.15) is 8.75 Å². The first-order valence-corrected chi connectivity index (χ1v) is 15.8. The molecule has 0 radical (unpaired) electrons. The zero-order valence-electron chi connectivity index (χ0n) is 21.6. The Hall–Kier alpha value is -3.33. The molecule has 2 N–H and O–H groups in total. The average molecular weight is 604 g/mol. The number of ether oxygens (including phenoxy) is 2. The highest BCUT2D eigenvalue weighted by Gasteiger charge is 2.31. The molecule has 5 rings (SSSR count). The molecule has 210 valence electrons. The molecule has 14 heteroatoms. The van der Waals surface area contributed by atoms with E-state index < -0.39 is 21.7 Å². The molecule has 0 atom stereocenters. The number of hydrogen-bond donors (Lipinski definition) is 2. The Bertz CT molecular complexity index is 1640. The Kier molecular flexibility index (Phi) is 8.49. The third kappa shape index (κ3) is 6.19. The first kappa shape index (κ1) is 28.2. The summed E-state index contributed by atoms with van der Waals surface area (Å²) >= 11 is 2.47. The predicted octanol–water partition coefficient (Wildman–Crippen LogP) is 4.77. The number of thioether (sulfide) groups is 1. The molecule has 0 spiro atoms. The Labute approximate surface area is 239 Å². The van der Waals surface area contributed by atoms with Crippen LogP contribution in [-0.4, -0.2) is 53.5 Å². The number of carbonyl (C=O) groups is 1. The summed E-state index contributed by atoms with van der Waals surface area (Å²) < 4.78 is 62.8. The number of amides is 1. The van der Waals surface area contributed by atoms with Crippen LogP contribution in [0.3, 0.4) is 0 Å². The van der Waals surface area contributed by atoms with E-state index in [1.165, 1.54) is 7.11 Å². The van der Waals surface area contributed by atoms with Crippen molar-refractivity contribution in [3.05, 3.63) is 60.0 Å². The smallest absolute Gasteiger partial charge is 0.257 e. The van der Waals surface area contributed by atoms with E-state index in [4.69, 9.17) is 9.47 Å². The van der Waals surface area contributed by atoms with Gasteiger partial charge in [0.2, 0.25) is 15.9 Å². The van der Waals surface area contributed by atoms with Crippen LogP contribution < -0.4 is 19.5 Å². The summed E-state index contributed by atoms with van der Waals surface area (Å²) in [4.78, 5) is 18.1. The van der Waals surface area contributed by atoms with Crippen LogP contribution in [0.2, 0.25) is 0 Å². The van der Waals surface area contributed by atoms with Crippen molar-refractivity contribution in [2.75, 3.05) is 13.4 Å². The lowest BCUT2D eigenvalue weighted by molar-refractivity contribution is 0.0921. The second-order valence-electron chi connectivity index (χ2n) is 9.16. The molecule has 0 unspecified atom stereocenters. The van der Waals surface area contributed by atoms with Crippen LogP contribution in [0, 0.1) is 5.82 Å². The monoisotopic (exact) mass is 603 g/mol. The van der Waals surface area contributed by atoms with Crippen LogP contribution >= 0.6 is 23.5 Å². The van der Waals surface area contributed by atoms with Gasteiger partial charge in [0, 0.05) is 17.0 Å². The van der Waals surface area contributed by atoms with E-state index in [0.717, 1.165) is 28.9 Å². The summed E-state index contributed by atoms with van der Waals surface area (Å²) in [7, 11) is -2.55. The maximum Gasteiger partial charge on any atom is 0.257 e. The summed E-state index contributed by atoms with van der Waals surface area (Å²) in [6.45, 7) is 0. The van der Waals surface area contributed by atoms with Crippen molar-refractivity contribution < 1.29 is 27.1 Å². The molecular formula is C26H26FN5O5S3. The van der Waals surface area contributed by atoms with Gasteiger partial charge in [0.05, 0.1) is 25.0 Å². The van der Waals surface area contributed by atoms with Gasteiger partial charge in [0.15, 0.2) is 4.90 Å². The number of rotatable bonds is 9. The number of pyridine rings is 1. The number of aromatic nitrogens is 3. The van der Waals surface area contributed by atoms with Crippen LogP contribution in [0.25, 0.3) is 11.0 Å². The van der Waals surface area contributed by atoms with E-state index >= 15 is 0 Å². The van der Waals surface area contributed by atoms with Gasteiger partial charge in [-0.3, -0.25) is 4.79 Å². The molecule has 0 saturated heterocycles. The molecule has 1 amide bonds. The largest absolute Gasteiger partial charge is 0.495 e. The Balaban J connectivity index is 1.24. The fourth-order valence-corrected chi connectivity index (χ4v) is 7.24. The van der Waals surface area contributed by atoms with Gasteiger partial charge in [0.25, 0.3) is 5.91 Å². The number of hydrogen-bond acceptors (Lipinski definition) is 10. The molecule has 1 aliphatic carbocycles. The van der Waals surface area contributed by atoms with E-state index in [0.29, 0.717) is 36.9 Å². The second kappa shape index (κ2) is 12.0. The van der Waals surface area contributed by atoms with E-state index in [2.05, 4.69) is 23.8 Å². The molecule has 1 aliphatic rings. The number of methoxy groups -OCH3 is 1. The van der Waals surface area contributed by atoms with Crippen molar-refractivity contribution in [1.29, 1.82) is 0 Å². The molecule has 2 aromatic heterocycles. The fraction of sp³-hybridized carbons (Fsp3) is 0.308. The van der Waals surface area contributed by atoms with Crippen molar-refractivity contribution in [3.63, 3.8) is 0 Å². The third-order valence-electron chi connectivity index (χ3n) is 6.54. The highest BCUT2D eigenvalue weighted by Crippen LogP contribution is 2.32. The van der Waals surface area contributed by atoms with Gasteiger partial charge in [-0.25, -0.2) is 22.5 Å². The molecular weight excluding hydrogens is 578 g/mol. The molecule has 0 aliphatic heterocycles. The first-order valence-electron chi connectivity index (χ1n) is 12.4. The average Bonchev–Trinajstić information content (AvgIpc) is 3.43. The van der Waals surface area contributed by atoms with Crippen molar-refractivity contribution in [3.8, 4) is 17.4 Å². The maximum absolute atomic E-state index is 14.0. The van der Waals surface area contributed by atoms with Gasteiger partial charge in [0.1, 0.15) is 33.9 Å². The quantitative estimate of drug-likeness (QED) is 0.260. The number of benzene rings is 2. The first-order chi connectivity index (χ1) is 19.3. The number of nitrogens with zero attached hydrogens (tertiary/aromatic N) is 3. The highest BCUT2D eigenvalue weighted by molar-refractivity contribution is 7.98. The number of halogens is 1. The summed E-state index contributed by atoms with van der Waals surface area (Å²) in [5, 5.41) is 2.92. The minimum absolute atomic E-state index is 0.00162. The second-order valence-corrected chi connectivity index (χ2v) is 12.2. The van der Waals surface area contributed by atoms with E-state index in [1.807, 2.05) is 18.4 Å². The van der Waals surface area contributed by atoms with Gasteiger partial charge >= 0.3 is 0 Å². The molecule has 4 aromatic rings. The zero-order valence-corrected chi connectivity index (χ0v) is 24.0. The summed E-state index contributed by atoms with van der Waals surface area (Å²) in [5.74, 6) is -0.504. The van der Waals surface area contributed by atoms with Gasteiger partial charge < -0.3 is 14.8 Å². The van der Waals surface area contributed by atoms with Crippen LogP contribution in [0.4, 0.5) is 4.39 Å². The molecule has 2 heterocycles. The minimum Gasteiger partial charge on any atom is -0.495 e. The SMILES string of the molecule is COc1ccc2nsnc2c1S(=O)(=O)NC1CCC(NC(=O)c2cc(F)cnc2Oc2cccc(SC)c2)CC1. The van der Waals surface area contributed by atoms with E-state index in [1.54, 1.807) is 36.0 Å². The number of carbonyl (C=O) groups excluding carboxylic acids is 1. The molecule has 1 saturated carbocycles. The molecule has 40 heavy (non-hydrogen) atoms. The molecule has 1 fully saturated rings. The van der Waals surface area contributed by atoms with Crippen molar-refractivity contribution in [1.82, 2.24) is 23.8 Å². The van der Waals surface area contributed by atoms with E-state index in [-0.39, 0.29) is 39.7 Å². The standard InChI is InChI=1S/C26H26FN5O5S3/c1-36-22-11-10-21-23(31-39-30-21)24(22)40(34,35)32-17-8-6-16(7-9-17)29-25(33)20-12-15(27)14-28-26(20)37-18-4-3-5-19(13-18)38-2/h3-5,10-14,16-17,32H,6-9H2,1-2H3,(H,29,33). The highest BCUT2D eigenvalue weighted by atomic mass is 32.2. The van der Waals surface area contributed by atoms with Crippen LogP contribution in [0.5, 0.6) is 17.4 Å². The Morgan fingerprint density at radius 1 is 1.10 bits per heavy atom. The van der Waals surface area contributed by atoms with Gasteiger partial charge in [-0.05, 0) is 68.3 Å². The number of fused-ring (bicyclic) bond motifs is 1. The van der Waals surface area contributed by atoms with Crippen molar-refractivity contribution >= 4 is 50.5 Å². The van der Waals surface area contributed by atoms with Crippen LogP contribution in [-0.2, 0) is 10.0 Å². The lowest BCUT2D eigenvalue weighted by Crippen LogP contribution is -2.44. The Morgan fingerprint density at radius 3 is 2.62 bits per heavy atom. The van der Waals surface area contributed by atoms with Crippen LogP contribution in [0.1, 0.15) is 36.0 Å². The lowest BCUT2D eigenvalue weighted by atomic mass is 9.91. The minimum atomic E-state index is -3.95. The Morgan fingerprint density at radius 2 is 1.88 bits per heavy atom. The molecule has 0 bridgehead atoms. The van der Waals surface area contributed by atoms with E-state index in [9.17, 15) is 17.6 Å². The number of sulfonamides is 1. The van der Waals surface area contributed by atoms with Gasteiger partial charge in [-0.15, -0.1) is 11.8 Å². The maximum atomic E-state index is 14.0. The number of nitrogens with one attached hydrogen (secondary N) is 2. The zero-order chi connectivity index (χ0) is 28.3. The third-order valence-corrected chi connectivity index (χ3v) is 9.38. The van der Waals surface area contributed by atoms with Crippen molar-refractivity contribution in [2.45, 2.75) is 47.6 Å². The summed E-state index contributed by atoms with van der Waals surface area (Å²) in [5.41, 5.74) is 0.721. The topological polar surface area (TPSA) is 132 Å². The summed E-state index contributed by atoms with van der Waals surface area (Å²) in [6, 6.07) is 11.0. The fourth-order valence-electron chi connectivity index (χ4n) is 4.57. The predicted molar refractivity (Wildman–Crippen MR) is 150 cm³/mol. The van der Waals surface area contributed by atoms with Crippen LogP contribution in [0.15, 0.2) is 58.5 Å². The summed E-state index contributed by atoms with van der Waals surface area (Å²) in [6.07, 6.45) is 4.96. The molecule has 2 aromatic carbocycles.